The normalized spacial score (nSPS) is 9.45. The van der Waals surface area contributed by atoms with Gasteiger partial charge in [0.2, 0.25) is 0 Å². The van der Waals surface area contributed by atoms with Gasteiger partial charge >= 0.3 is 0 Å². The van der Waals surface area contributed by atoms with Crippen LogP contribution < -0.4 is 5.84 Å². The van der Waals surface area contributed by atoms with Crippen molar-refractivity contribution in [1.29, 1.82) is 0 Å². The molecule has 1 aromatic rings. The van der Waals surface area contributed by atoms with Crippen LogP contribution in [0.15, 0.2) is 29.4 Å². The average molecular weight is 173 g/mol. The molecule has 0 atom stereocenters. The average Bonchev–Trinajstić information content (AvgIpc) is 1.95. The number of nitrogens with zero attached hydrogens (tertiary/aromatic N) is 1. The lowest BCUT2D eigenvalue weighted by atomic mass is 10.2. The molecular weight excluding hydrogens is 164 g/mol. The van der Waals surface area contributed by atoms with Gasteiger partial charge in [-0.1, -0.05) is 0 Å². The van der Waals surface area contributed by atoms with Crippen LogP contribution in [0.5, 0.6) is 5.75 Å². The minimum absolute atomic E-state index is 0. The van der Waals surface area contributed by atoms with Gasteiger partial charge in [0.25, 0.3) is 0 Å². The lowest BCUT2D eigenvalue weighted by Gasteiger charge is -1.90. The molecule has 11 heavy (non-hydrogen) atoms. The summed E-state index contributed by atoms with van der Waals surface area (Å²) in [6, 6.07) is 6.62. The van der Waals surface area contributed by atoms with Gasteiger partial charge < -0.3 is 10.9 Å². The fraction of sp³-hybridized carbons (Fsp3) is 0. The summed E-state index contributed by atoms with van der Waals surface area (Å²) >= 11 is 0. The fourth-order valence-corrected chi connectivity index (χ4v) is 0.646. The van der Waals surface area contributed by atoms with Gasteiger partial charge in [0.15, 0.2) is 0 Å². The molecule has 1 rings (SSSR count). The Morgan fingerprint density at radius 2 is 1.82 bits per heavy atom. The van der Waals surface area contributed by atoms with Gasteiger partial charge in [-0.3, -0.25) is 0 Å². The number of rotatable bonds is 1. The second-order valence-corrected chi connectivity index (χ2v) is 1.87. The second-order valence-electron chi connectivity index (χ2n) is 1.87. The molecule has 4 heteroatoms. The Hall–Kier alpha value is -1.22. The molecule has 0 unspecified atom stereocenters. The quantitative estimate of drug-likeness (QED) is 0.379. The zero-order chi connectivity index (χ0) is 7.40. The monoisotopic (exact) mass is 172 g/mol. The number of hydrogen-bond donors (Lipinski definition) is 2. The van der Waals surface area contributed by atoms with E-state index in [4.69, 9.17) is 10.9 Å². The van der Waals surface area contributed by atoms with Gasteiger partial charge in [0.05, 0.1) is 6.21 Å². The number of hydrogen-bond acceptors (Lipinski definition) is 3. The molecule has 0 amide bonds. The second kappa shape index (κ2) is 4.57. The highest BCUT2D eigenvalue weighted by atomic mass is 35.5. The highest BCUT2D eigenvalue weighted by Crippen LogP contribution is 2.07. The molecular formula is C7H9ClN2O. The minimum Gasteiger partial charge on any atom is -0.508 e. The first-order valence-corrected chi connectivity index (χ1v) is 2.85. The van der Waals surface area contributed by atoms with Crippen molar-refractivity contribution in [2.75, 3.05) is 0 Å². The van der Waals surface area contributed by atoms with Crippen molar-refractivity contribution >= 4 is 18.6 Å². The summed E-state index contributed by atoms with van der Waals surface area (Å²) in [5.74, 6) is 5.15. The zero-order valence-corrected chi connectivity index (χ0v) is 6.58. The molecule has 0 aliphatic rings. The molecule has 0 aromatic heterocycles. The first kappa shape index (κ1) is 9.78. The van der Waals surface area contributed by atoms with Crippen LogP contribution in [0.1, 0.15) is 5.56 Å². The van der Waals surface area contributed by atoms with Gasteiger partial charge in [0.1, 0.15) is 5.75 Å². The number of nitrogens with two attached hydrogens (primary N) is 1. The molecule has 0 spiro atoms. The largest absolute Gasteiger partial charge is 0.508 e. The molecule has 3 N–H and O–H groups in total. The third-order valence-corrected chi connectivity index (χ3v) is 1.12. The maximum atomic E-state index is 8.85. The molecule has 0 saturated carbocycles. The maximum Gasteiger partial charge on any atom is 0.115 e. The number of phenols is 1. The number of aromatic hydroxyl groups is 1. The van der Waals surface area contributed by atoms with Crippen LogP contribution >= 0.6 is 12.4 Å². The van der Waals surface area contributed by atoms with Crippen molar-refractivity contribution in [3.63, 3.8) is 0 Å². The van der Waals surface area contributed by atoms with Crippen molar-refractivity contribution in [3.8, 4) is 5.75 Å². The van der Waals surface area contributed by atoms with Gasteiger partial charge in [-0.25, -0.2) is 0 Å². The molecule has 0 saturated heterocycles. The molecule has 0 bridgehead atoms. The van der Waals surface area contributed by atoms with E-state index in [1.165, 1.54) is 6.21 Å². The number of benzene rings is 1. The standard InChI is InChI=1S/C7H8N2O.ClH/c8-9-5-6-1-3-7(10)4-2-6;/h1-5,10H,8H2;1H/b9-5-;. The molecule has 0 fully saturated rings. The lowest BCUT2D eigenvalue weighted by molar-refractivity contribution is 0.475. The van der Waals surface area contributed by atoms with Crippen molar-refractivity contribution < 1.29 is 5.11 Å². The Morgan fingerprint density at radius 3 is 2.27 bits per heavy atom. The Balaban J connectivity index is 0.000001000. The number of halogens is 1. The Bertz CT molecular complexity index is 233. The summed E-state index contributed by atoms with van der Waals surface area (Å²) in [6.45, 7) is 0. The van der Waals surface area contributed by atoms with E-state index in [1.807, 2.05) is 0 Å². The predicted octanol–water partition coefficient (Wildman–Crippen LogP) is 1.11. The van der Waals surface area contributed by atoms with E-state index in [0.717, 1.165) is 5.56 Å². The van der Waals surface area contributed by atoms with E-state index < -0.39 is 0 Å². The van der Waals surface area contributed by atoms with E-state index >= 15 is 0 Å². The summed E-state index contributed by atoms with van der Waals surface area (Å²) in [4.78, 5) is 0. The van der Waals surface area contributed by atoms with E-state index in [2.05, 4.69) is 5.10 Å². The topological polar surface area (TPSA) is 58.6 Å². The highest BCUT2D eigenvalue weighted by Gasteiger charge is 1.86. The van der Waals surface area contributed by atoms with Crippen LogP contribution in [0.4, 0.5) is 0 Å². The third-order valence-electron chi connectivity index (χ3n) is 1.12. The van der Waals surface area contributed by atoms with E-state index in [9.17, 15) is 0 Å². The molecule has 0 aliphatic carbocycles. The van der Waals surface area contributed by atoms with Crippen LogP contribution in [-0.2, 0) is 0 Å². The van der Waals surface area contributed by atoms with Crippen LogP contribution in [0.3, 0.4) is 0 Å². The number of phenolic OH excluding ortho intramolecular Hbond substituents is 1. The molecule has 1 aromatic carbocycles. The third kappa shape index (κ3) is 2.91. The summed E-state index contributed by atoms with van der Waals surface area (Å²) in [5.41, 5.74) is 0.875. The van der Waals surface area contributed by atoms with Crippen LogP contribution in [-0.4, -0.2) is 11.3 Å². The lowest BCUT2D eigenvalue weighted by Crippen LogP contribution is -1.84. The Kier molecular flexibility index (Phi) is 4.07. The SMILES string of the molecule is Cl.N/N=C\c1ccc(O)cc1. The summed E-state index contributed by atoms with van der Waals surface area (Å²) < 4.78 is 0. The first-order chi connectivity index (χ1) is 4.83. The fourth-order valence-electron chi connectivity index (χ4n) is 0.646. The molecule has 0 radical (unpaired) electrons. The van der Waals surface area contributed by atoms with Crippen molar-refractivity contribution in [2.24, 2.45) is 10.9 Å². The highest BCUT2D eigenvalue weighted by molar-refractivity contribution is 5.85. The zero-order valence-electron chi connectivity index (χ0n) is 5.77. The van der Waals surface area contributed by atoms with Gasteiger partial charge in [-0.15, -0.1) is 12.4 Å². The van der Waals surface area contributed by atoms with Crippen molar-refractivity contribution in [2.45, 2.75) is 0 Å². The molecule has 0 heterocycles. The van der Waals surface area contributed by atoms with Crippen LogP contribution in [0.2, 0.25) is 0 Å². The summed E-state index contributed by atoms with van der Waals surface area (Å²) in [5, 5.41) is 12.2. The first-order valence-electron chi connectivity index (χ1n) is 2.85. The predicted molar refractivity (Wildman–Crippen MR) is 47.1 cm³/mol. The van der Waals surface area contributed by atoms with E-state index in [1.54, 1.807) is 24.3 Å². The molecule has 0 aliphatic heterocycles. The maximum absolute atomic E-state index is 8.85. The van der Waals surface area contributed by atoms with Gasteiger partial charge in [-0.05, 0) is 29.8 Å². The van der Waals surface area contributed by atoms with Crippen LogP contribution in [0, 0.1) is 0 Å². The van der Waals surface area contributed by atoms with E-state index in [-0.39, 0.29) is 18.2 Å². The van der Waals surface area contributed by atoms with E-state index in [0.29, 0.717) is 0 Å². The smallest absolute Gasteiger partial charge is 0.115 e. The van der Waals surface area contributed by atoms with Crippen molar-refractivity contribution in [1.82, 2.24) is 0 Å². The Labute approximate surface area is 70.9 Å². The minimum atomic E-state index is 0. The summed E-state index contributed by atoms with van der Waals surface area (Å²) in [6.07, 6.45) is 1.51. The molecule has 3 nitrogen and oxygen atoms in total. The number of hydrazone groups is 1. The van der Waals surface area contributed by atoms with Gasteiger partial charge in [-0.2, -0.15) is 5.10 Å². The van der Waals surface area contributed by atoms with Crippen molar-refractivity contribution in [3.05, 3.63) is 29.8 Å². The van der Waals surface area contributed by atoms with Gasteiger partial charge in [0, 0.05) is 0 Å². The van der Waals surface area contributed by atoms with Crippen LogP contribution in [0.25, 0.3) is 0 Å². The Morgan fingerprint density at radius 1 is 1.27 bits per heavy atom. The summed E-state index contributed by atoms with van der Waals surface area (Å²) in [7, 11) is 0. The molecule has 60 valence electrons.